The first-order valence-corrected chi connectivity index (χ1v) is 6.46. The maximum absolute atomic E-state index is 13.7. The summed E-state index contributed by atoms with van der Waals surface area (Å²) in [5.41, 5.74) is 1.48. The summed E-state index contributed by atoms with van der Waals surface area (Å²) >= 11 is 3.24. The smallest absolute Gasteiger partial charge is 0.150 e. The van der Waals surface area contributed by atoms with Gasteiger partial charge in [0, 0.05) is 22.1 Å². The van der Waals surface area contributed by atoms with Crippen LogP contribution in [0.2, 0.25) is 0 Å². The Hall–Kier alpha value is -1.20. The van der Waals surface area contributed by atoms with Crippen molar-refractivity contribution < 1.29 is 8.91 Å². The molecule has 3 nitrogen and oxygen atoms in total. The molecule has 0 amide bonds. The van der Waals surface area contributed by atoms with Gasteiger partial charge in [-0.1, -0.05) is 27.2 Å². The van der Waals surface area contributed by atoms with Crippen molar-refractivity contribution in [2.24, 2.45) is 0 Å². The minimum atomic E-state index is -0.224. The Morgan fingerprint density at radius 1 is 1.44 bits per heavy atom. The van der Waals surface area contributed by atoms with E-state index in [1.807, 2.05) is 26.0 Å². The number of nitrogens with one attached hydrogen (secondary N) is 1. The second kappa shape index (κ2) is 5.63. The average molecular weight is 313 g/mol. The highest BCUT2D eigenvalue weighted by Gasteiger charge is 2.11. The highest BCUT2D eigenvalue weighted by Crippen LogP contribution is 2.21. The molecule has 0 saturated heterocycles. The molecule has 2 rings (SSSR count). The van der Waals surface area contributed by atoms with Gasteiger partial charge in [-0.25, -0.2) is 4.39 Å². The third-order valence-corrected chi connectivity index (χ3v) is 3.18. The van der Waals surface area contributed by atoms with Crippen LogP contribution < -0.4 is 5.32 Å². The number of hydrogen-bond donors (Lipinski definition) is 1. The van der Waals surface area contributed by atoms with E-state index in [0.29, 0.717) is 12.1 Å². The maximum atomic E-state index is 13.7. The monoisotopic (exact) mass is 312 g/mol. The maximum Gasteiger partial charge on any atom is 0.150 e. The van der Waals surface area contributed by atoms with Crippen LogP contribution in [-0.4, -0.2) is 5.16 Å². The summed E-state index contributed by atoms with van der Waals surface area (Å²) in [5.74, 6) is 0.523. The normalized spacial score (nSPS) is 12.7. The SMILES string of the molecule is Cc1cc(CNC(C)c2ccc(Br)cc2F)on1. The quantitative estimate of drug-likeness (QED) is 0.934. The molecule has 0 aliphatic heterocycles. The molecule has 0 spiro atoms. The molecule has 2 aromatic rings. The number of halogens is 2. The van der Waals surface area contributed by atoms with Gasteiger partial charge in [0.15, 0.2) is 5.76 Å². The van der Waals surface area contributed by atoms with Crippen LogP contribution in [0.4, 0.5) is 4.39 Å². The minimum Gasteiger partial charge on any atom is -0.360 e. The predicted octanol–water partition coefficient (Wildman–Crippen LogP) is 3.74. The Morgan fingerprint density at radius 3 is 2.83 bits per heavy atom. The van der Waals surface area contributed by atoms with Gasteiger partial charge >= 0.3 is 0 Å². The standard InChI is InChI=1S/C13H14BrFN2O/c1-8-5-11(18-17-8)7-16-9(2)12-4-3-10(14)6-13(12)15/h3-6,9,16H,7H2,1-2H3. The van der Waals surface area contributed by atoms with E-state index in [1.165, 1.54) is 6.07 Å². The molecule has 1 unspecified atom stereocenters. The largest absolute Gasteiger partial charge is 0.360 e. The molecule has 18 heavy (non-hydrogen) atoms. The van der Waals surface area contributed by atoms with Crippen molar-refractivity contribution in [3.63, 3.8) is 0 Å². The van der Waals surface area contributed by atoms with Crippen LogP contribution in [0.25, 0.3) is 0 Å². The number of aromatic nitrogens is 1. The van der Waals surface area contributed by atoms with Gasteiger partial charge in [-0.05, 0) is 26.0 Å². The van der Waals surface area contributed by atoms with Gasteiger partial charge in [0.05, 0.1) is 12.2 Å². The van der Waals surface area contributed by atoms with Crippen molar-refractivity contribution in [2.75, 3.05) is 0 Å². The first-order chi connectivity index (χ1) is 8.56. The van der Waals surface area contributed by atoms with Gasteiger partial charge in [-0.2, -0.15) is 0 Å². The molecule has 1 aromatic carbocycles. The molecular weight excluding hydrogens is 299 g/mol. The van der Waals surface area contributed by atoms with E-state index in [9.17, 15) is 4.39 Å². The third-order valence-electron chi connectivity index (χ3n) is 2.69. The molecule has 1 heterocycles. The van der Waals surface area contributed by atoms with E-state index in [2.05, 4.69) is 26.4 Å². The first-order valence-electron chi connectivity index (χ1n) is 5.67. The fraction of sp³-hybridized carbons (Fsp3) is 0.308. The first kappa shape index (κ1) is 13.2. The fourth-order valence-corrected chi connectivity index (χ4v) is 2.05. The van der Waals surface area contributed by atoms with Crippen molar-refractivity contribution >= 4 is 15.9 Å². The molecule has 1 aromatic heterocycles. The van der Waals surface area contributed by atoms with E-state index in [1.54, 1.807) is 6.07 Å². The summed E-state index contributed by atoms with van der Waals surface area (Å²) in [7, 11) is 0. The Labute approximate surface area is 113 Å². The lowest BCUT2D eigenvalue weighted by molar-refractivity contribution is 0.362. The molecule has 0 radical (unpaired) electrons. The van der Waals surface area contributed by atoms with E-state index >= 15 is 0 Å². The summed E-state index contributed by atoms with van der Waals surface area (Å²) in [6.07, 6.45) is 0. The third kappa shape index (κ3) is 3.17. The Kier molecular flexibility index (Phi) is 4.14. The number of rotatable bonds is 4. The number of nitrogens with zero attached hydrogens (tertiary/aromatic N) is 1. The minimum absolute atomic E-state index is 0.0940. The molecule has 1 atom stereocenters. The van der Waals surface area contributed by atoms with E-state index < -0.39 is 0 Å². The molecule has 0 aliphatic carbocycles. The summed E-state index contributed by atoms with van der Waals surface area (Å²) in [6.45, 7) is 4.30. The molecule has 0 saturated carbocycles. The number of hydrogen-bond acceptors (Lipinski definition) is 3. The summed E-state index contributed by atoms with van der Waals surface area (Å²) in [5, 5.41) is 7.00. The second-order valence-electron chi connectivity index (χ2n) is 4.20. The van der Waals surface area contributed by atoms with Crippen molar-refractivity contribution in [3.8, 4) is 0 Å². The predicted molar refractivity (Wildman–Crippen MR) is 70.6 cm³/mol. The van der Waals surface area contributed by atoms with Gasteiger partial charge in [-0.3, -0.25) is 0 Å². The number of aryl methyl sites for hydroxylation is 1. The van der Waals surface area contributed by atoms with Crippen LogP contribution in [0.5, 0.6) is 0 Å². The molecule has 96 valence electrons. The van der Waals surface area contributed by atoms with Crippen molar-refractivity contribution in [1.29, 1.82) is 0 Å². The highest BCUT2D eigenvalue weighted by atomic mass is 79.9. The van der Waals surface area contributed by atoms with Gasteiger partial charge < -0.3 is 9.84 Å². The molecule has 5 heteroatoms. The van der Waals surface area contributed by atoms with Gasteiger partial charge in [0.25, 0.3) is 0 Å². The van der Waals surface area contributed by atoms with Crippen LogP contribution >= 0.6 is 15.9 Å². The molecule has 0 fully saturated rings. The van der Waals surface area contributed by atoms with Gasteiger partial charge in [0.1, 0.15) is 5.82 Å². The van der Waals surface area contributed by atoms with Crippen LogP contribution in [0.15, 0.2) is 33.3 Å². The Bertz CT molecular complexity index is 542. The lowest BCUT2D eigenvalue weighted by Gasteiger charge is -2.14. The molecule has 0 aliphatic rings. The Balaban J connectivity index is 2.01. The van der Waals surface area contributed by atoms with Gasteiger partial charge in [-0.15, -0.1) is 0 Å². The lowest BCUT2D eigenvalue weighted by atomic mass is 10.1. The van der Waals surface area contributed by atoms with Crippen LogP contribution in [0, 0.1) is 12.7 Å². The zero-order chi connectivity index (χ0) is 13.1. The van der Waals surface area contributed by atoms with Crippen molar-refractivity contribution in [1.82, 2.24) is 10.5 Å². The van der Waals surface area contributed by atoms with E-state index in [-0.39, 0.29) is 11.9 Å². The zero-order valence-electron chi connectivity index (χ0n) is 10.2. The average Bonchev–Trinajstić information content (AvgIpc) is 2.72. The van der Waals surface area contributed by atoms with Crippen molar-refractivity contribution in [3.05, 3.63) is 51.6 Å². The lowest BCUT2D eigenvalue weighted by Crippen LogP contribution is -2.18. The number of benzene rings is 1. The summed E-state index contributed by atoms with van der Waals surface area (Å²) < 4.78 is 19.5. The van der Waals surface area contributed by atoms with Crippen LogP contribution in [0.3, 0.4) is 0 Å². The highest BCUT2D eigenvalue weighted by molar-refractivity contribution is 9.10. The van der Waals surface area contributed by atoms with Gasteiger partial charge in [0.2, 0.25) is 0 Å². The molecule has 1 N–H and O–H groups in total. The summed E-state index contributed by atoms with van der Waals surface area (Å²) in [6, 6.07) is 6.82. The van der Waals surface area contributed by atoms with E-state index in [4.69, 9.17) is 4.52 Å². The topological polar surface area (TPSA) is 38.1 Å². The van der Waals surface area contributed by atoms with Crippen LogP contribution in [0.1, 0.15) is 30.0 Å². The molecular formula is C13H14BrFN2O. The summed E-state index contributed by atoms with van der Waals surface area (Å²) in [4.78, 5) is 0. The second-order valence-corrected chi connectivity index (χ2v) is 5.12. The van der Waals surface area contributed by atoms with Crippen molar-refractivity contribution in [2.45, 2.75) is 26.4 Å². The Morgan fingerprint density at radius 2 is 2.22 bits per heavy atom. The fourth-order valence-electron chi connectivity index (χ4n) is 1.72. The van der Waals surface area contributed by atoms with Crippen LogP contribution in [-0.2, 0) is 6.54 Å². The zero-order valence-corrected chi connectivity index (χ0v) is 11.8. The van der Waals surface area contributed by atoms with E-state index in [0.717, 1.165) is 15.9 Å². The molecule has 0 bridgehead atoms.